The second kappa shape index (κ2) is 5.08. The lowest BCUT2D eigenvalue weighted by Gasteiger charge is -2.08. The molecule has 5 heteroatoms. The first-order chi connectivity index (χ1) is 8.56. The highest BCUT2D eigenvalue weighted by Gasteiger charge is 2.23. The number of nitrogen functional groups attached to an aromatic ring is 1. The van der Waals surface area contributed by atoms with Crippen LogP contribution in [0.4, 0.5) is 5.69 Å². The average molecular weight is 247 g/mol. The van der Waals surface area contributed by atoms with Crippen LogP contribution in [0.25, 0.3) is 0 Å². The number of nitrogens with two attached hydrogens (primary N) is 1. The molecule has 1 saturated carbocycles. The standard InChI is InChI=1S/C13H17N3O2/c1-8-2-3-9(14)6-11(8)13(18)15-7-12(17)16-10-4-5-10/h2-3,6,10H,4-5,7,14H2,1H3,(H,15,18)(H,16,17). The van der Waals surface area contributed by atoms with Crippen LogP contribution in [0.1, 0.15) is 28.8 Å². The number of hydrogen-bond donors (Lipinski definition) is 3. The predicted molar refractivity (Wildman–Crippen MR) is 69.1 cm³/mol. The first kappa shape index (κ1) is 12.4. The number of nitrogens with one attached hydrogen (secondary N) is 2. The lowest BCUT2D eigenvalue weighted by molar-refractivity contribution is -0.120. The summed E-state index contributed by atoms with van der Waals surface area (Å²) in [6.07, 6.45) is 2.07. The Balaban J connectivity index is 1.90. The van der Waals surface area contributed by atoms with Crippen molar-refractivity contribution in [3.05, 3.63) is 29.3 Å². The zero-order chi connectivity index (χ0) is 13.1. The van der Waals surface area contributed by atoms with Gasteiger partial charge >= 0.3 is 0 Å². The van der Waals surface area contributed by atoms with Gasteiger partial charge in [-0.15, -0.1) is 0 Å². The van der Waals surface area contributed by atoms with E-state index in [0.29, 0.717) is 17.3 Å². The summed E-state index contributed by atoms with van der Waals surface area (Å²) in [5.41, 5.74) is 7.52. The second-order valence-electron chi connectivity index (χ2n) is 4.60. The van der Waals surface area contributed by atoms with Gasteiger partial charge in [0, 0.05) is 17.3 Å². The largest absolute Gasteiger partial charge is 0.399 e. The van der Waals surface area contributed by atoms with Crippen molar-refractivity contribution in [2.75, 3.05) is 12.3 Å². The molecule has 0 atom stereocenters. The summed E-state index contributed by atoms with van der Waals surface area (Å²) >= 11 is 0. The predicted octanol–water partition coefficient (Wildman–Crippen LogP) is 0.586. The van der Waals surface area contributed by atoms with E-state index in [9.17, 15) is 9.59 Å². The van der Waals surface area contributed by atoms with E-state index in [4.69, 9.17) is 5.73 Å². The molecule has 5 nitrogen and oxygen atoms in total. The average Bonchev–Trinajstić information content (AvgIpc) is 3.13. The van der Waals surface area contributed by atoms with Gasteiger partial charge in [-0.2, -0.15) is 0 Å². The number of amides is 2. The minimum absolute atomic E-state index is 0.00354. The summed E-state index contributed by atoms with van der Waals surface area (Å²) < 4.78 is 0. The Hall–Kier alpha value is -2.04. The van der Waals surface area contributed by atoms with Crippen molar-refractivity contribution < 1.29 is 9.59 Å². The van der Waals surface area contributed by atoms with Crippen molar-refractivity contribution >= 4 is 17.5 Å². The normalized spacial score (nSPS) is 14.1. The molecule has 0 spiro atoms. The smallest absolute Gasteiger partial charge is 0.252 e. The van der Waals surface area contributed by atoms with Gasteiger partial charge in [-0.1, -0.05) is 6.07 Å². The number of aryl methyl sites for hydroxylation is 1. The molecule has 1 aromatic carbocycles. The Kier molecular flexibility index (Phi) is 3.50. The Labute approximate surface area is 106 Å². The maximum atomic E-state index is 11.9. The third-order valence-corrected chi connectivity index (χ3v) is 2.86. The van der Waals surface area contributed by atoms with Crippen molar-refractivity contribution in [2.45, 2.75) is 25.8 Å². The van der Waals surface area contributed by atoms with Gasteiger partial charge in [-0.05, 0) is 37.5 Å². The first-order valence-corrected chi connectivity index (χ1v) is 6.00. The molecule has 2 rings (SSSR count). The summed E-state index contributed by atoms with van der Waals surface area (Å²) in [5, 5.41) is 5.40. The van der Waals surface area contributed by atoms with E-state index in [1.807, 2.05) is 6.92 Å². The van der Waals surface area contributed by atoms with E-state index in [-0.39, 0.29) is 18.4 Å². The van der Waals surface area contributed by atoms with Gasteiger partial charge in [0.25, 0.3) is 5.91 Å². The fourth-order valence-corrected chi connectivity index (χ4v) is 1.65. The summed E-state index contributed by atoms with van der Waals surface area (Å²) in [7, 11) is 0. The van der Waals surface area contributed by atoms with E-state index < -0.39 is 0 Å². The van der Waals surface area contributed by atoms with Crippen LogP contribution in [0.5, 0.6) is 0 Å². The maximum absolute atomic E-state index is 11.9. The molecular weight excluding hydrogens is 230 g/mol. The second-order valence-corrected chi connectivity index (χ2v) is 4.60. The van der Waals surface area contributed by atoms with Crippen molar-refractivity contribution in [3.63, 3.8) is 0 Å². The van der Waals surface area contributed by atoms with Gasteiger partial charge < -0.3 is 16.4 Å². The molecule has 0 bridgehead atoms. The van der Waals surface area contributed by atoms with Crippen LogP contribution in [-0.2, 0) is 4.79 Å². The van der Waals surface area contributed by atoms with Gasteiger partial charge in [0.1, 0.15) is 0 Å². The van der Waals surface area contributed by atoms with Crippen molar-refractivity contribution in [3.8, 4) is 0 Å². The summed E-state index contributed by atoms with van der Waals surface area (Å²) in [4.78, 5) is 23.3. The van der Waals surface area contributed by atoms with Crippen molar-refractivity contribution in [1.29, 1.82) is 0 Å². The molecule has 0 aromatic heterocycles. The monoisotopic (exact) mass is 247 g/mol. The molecule has 0 heterocycles. The number of hydrogen-bond acceptors (Lipinski definition) is 3. The maximum Gasteiger partial charge on any atom is 0.252 e. The number of benzene rings is 1. The number of rotatable bonds is 4. The van der Waals surface area contributed by atoms with Gasteiger partial charge in [-0.25, -0.2) is 0 Å². The van der Waals surface area contributed by atoms with Crippen LogP contribution in [0.3, 0.4) is 0 Å². The fraction of sp³-hybridized carbons (Fsp3) is 0.385. The molecule has 4 N–H and O–H groups in total. The molecule has 2 amide bonds. The van der Waals surface area contributed by atoms with E-state index in [1.54, 1.807) is 18.2 Å². The van der Waals surface area contributed by atoms with Gasteiger partial charge in [0.2, 0.25) is 5.91 Å². The molecule has 1 aliphatic carbocycles. The quantitative estimate of drug-likeness (QED) is 0.681. The Morgan fingerprint density at radius 3 is 2.78 bits per heavy atom. The van der Waals surface area contributed by atoms with Crippen LogP contribution in [0.2, 0.25) is 0 Å². The summed E-state index contributed by atoms with van der Waals surface area (Å²) in [5.74, 6) is -0.418. The fourth-order valence-electron chi connectivity index (χ4n) is 1.65. The number of carbonyl (C=O) groups excluding carboxylic acids is 2. The topological polar surface area (TPSA) is 84.2 Å². The van der Waals surface area contributed by atoms with Crippen LogP contribution >= 0.6 is 0 Å². The third kappa shape index (κ3) is 3.23. The van der Waals surface area contributed by atoms with E-state index in [0.717, 1.165) is 18.4 Å². The molecule has 96 valence electrons. The molecule has 0 saturated heterocycles. The summed E-state index contributed by atoms with van der Waals surface area (Å²) in [6.45, 7) is 1.84. The zero-order valence-corrected chi connectivity index (χ0v) is 10.3. The molecular formula is C13H17N3O2. The highest BCUT2D eigenvalue weighted by atomic mass is 16.2. The minimum atomic E-state index is -0.272. The summed E-state index contributed by atoms with van der Waals surface area (Å²) in [6, 6.07) is 5.45. The lowest BCUT2D eigenvalue weighted by atomic mass is 10.1. The first-order valence-electron chi connectivity index (χ1n) is 6.00. The molecule has 18 heavy (non-hydrogen) atoms. The Morgan fingerprint density at radius 1 is 1.39 bits per heavy atom. The van der Waals surface area contributed by atoms with Gasteiger partial charge in [0.05, 0.1) is 6.54 Å². The molecule has 0 radical (unpaired) electrons. The number of carbonyl (C=O) groups is 2. The van der Waals surface area contributed by atoms with Gasteiger partial charge in [0.15, 0.2) is 0 Å². The van der Waals surface area contributed by atoms with E-state index >= 15 is 0 Å². The molecule has 1 fully saturated rings. The van der Waals surface area contributed by atoms with E-state index in [2.05, 4.69) is 10.6 Å². The third-order valence-electron chi connectivity index (χ3n) is 2.86. The Bertz CT molecular complexity index is 481. The highest BCUT2D eigenvalue weighted by Crippen LogP contribution is 2.18. The highest BCUT2D eigenvalue weighted by molar-refractivity contribution is 5.98. The lowest BCUT2D eigenvalue weighted by Crippen LogP contribution is -2.38. The van der Waals surface area contributed by atoms with E-state index in [1.165, 1.54) is 0 Å². The molecule has 0 unspecified atom stereocenters. The van der Waals surface area contributed by atoms with Crippen LogP contribution < -0.4 is 16.4 Å². The van der Waals surface area contributed by atoms with Crippen LogP contribution in [0, 0.1) is 6.92 Å². The van der Waals surface area contributed by atoms with Crippen LogP contribution in [0.15, 0.2) is 18.2 Å². The number of anilines is 1. The molecule has 1 aliphatic rings. The Morgan fingerprint density at radius 2 is 2.11 bits per heavy atom. The molecule has 1 aromatic rings. The van der Waals surface area contributed by atoms with Gasteiger partial charge in [-0.3, -0.25) is 9.59 Å². The minimum Gasteiger partial charge on any atom is -0.399 e. The van der Waals surface area contributed by atoms with Crippen LogP contribution in [-0.4, -0.2) is 24.4 Å². The van der Waals surface area contributed by atoms with Crippen molar-refractivity contribution in [1.82, 2.24) is 10.6 Å². The zero-order valence-electron chi connectivity index (χ0n) is 10.3. The molecule has 0 aliphatic heterocycles. The van der Waals surface area contributed by atoms with Crippen molar-refractivity contribution in [2.24, 2.45) is 0 Å². The SMILES string of the molecule is Cc1ccc(N)cc1C(=O)NCC(=O)NC1CC1.